The van der Waals surface area contributed by atoms with Crippen molar-refractivity contribution in [3.8, 4) is 0 Å². The number of thiocarbonyl (C=S) groups is 1. The van der Waals surface area contributed by atoms with E-state index in [0.717, 1.165) is 35.8 Å². The van der Waals surface area contributed by atoms with Crippen molar-refractivity contribution in [2.24, 2.45) is 11.7 Å². The standard InChI is InChI=1S/C15H20N2OS/c1-9-8-11(4-5-12(9)15(16)19)17-13-6-7-18-14(13)10-2-3-10/h4-5,8,10,13-14,17H,2-3,6-7H2,1H3,(H2,16,19). The second-order valence-electron chi connectivity index (χ2n) is 5.61. The van der Waals surface area contributed by atoms with Gasteiger partial charge in [-0.2, -0.15) is 0 Å². The molecule has 0 radical (unpaired) electrons. The zero-order chi connectivity index (χ0) is 13.4. The number of nitrogens with two attached hydrogens (primary N) is 1. The molecule has 102 valence electrons. The summed E-state index contributed by atoms with van der Waals surface area (Å²) in [6, 6.07) is 6.63. The second kappa shape index (κ2) is 5.10. The second-order valence-corrected chi connectivity index (χ2v) is 6.05. The van der Waals surface area contributed by atoms with Gasteiger partial charge in [0.25, 0.3) is 0 Å². The van der Waals surface area contributed by atoms with E-state index in [0.29, 0.717) is 17.1 Å². The molecule has 1 aliphatic heterocycles. The smallest absolute Gasteiger partial charge is 0.104 e. The highest BCUT2D eigenvalue weighted by atomic mass is 32.1. The van der Waals surface area contributed by atoms with Crippen molar-refractivity contribution in [3.63, 3.8) is 0 Å². The molecule has 1 aromatic rings. The molecule has 0 bridgehead atoms. The van der Waals surface area contributed by atoms with Gasteiger partial charge in [-0.15, -0.1) is 0 Å². The van der Waals surface area contributed by atoms with E-state index < -0.39 is 0 Å². The number of anilines is 1. The Balaban J connectivity index is 1.72. The Hall–Kier alpha value is -1.13. The van der Waals surface area contributed by atoms with Gasteiger partial charge in [-0.1, -0.05) is 12.2 Å². The highest BCUT2D eigenvalue weighted by molar-refractivity contribution is 7.80. The maximum atomic E-state index is 5.85. The van der Waals surface area contributed by atoms with Gasteiger partial charge in [0.1, 0.15) is 4.99 Å². The Bertz CT molecular complexity index is 499. The minimum absolute atomic E-state index is 0.399. The van der Waals surface area contributed by atoms with Crippen LogP contribution < -0.4 is 11.1 Å². The Kier molecular flexibility index (Phi) is 3.46. The first-order chi connectivity index (χ1) is 9.15. The predicted molar refractivity (Wildman–Crippen MR) is 81.6 cm³/mol. The Labute approximate surface area is 119 Å². The first-order valence-corrected chi connectivity index (χ1v) is 7.34. The van der Waals surface area contributed by atoms with Crippen molar-refractivity contribution < 1.29 is 4.74 Å². The van der Waals surface area contributed by atoms with Crippen LogP contribution in [-0.4, -0.2) is 23.7 Å². The SMILES string of the molecule is Cc1cc(NC2CCOC2C2CC2)ccc1C(N)=S. The van der Waals surface area contributed by atoms with Gasteiger partial charge in [-0.25, -0.2) is 0 Å². The predicted octanol–water partition coefficient (Wildman–Crippen LogP) is 2.61. The highest BCUT2D eigenvalue weighted by Crippen LogP contribution is 2.39. The first kappa shape index (κ1) is 12.9. The summed E-state index contributed by atoms with van der Waals surface area (Å²) in [4.78, 5) is 0.462. The molecular weight excluding hydrogens is 256 g/mol. The number of ether oxygens (including phenoxy) is 1. The molecule has 0 amide bonds. The number of rotatable bonds is 4. The number of hydrogen-bond acceptors (Lipinski definition) is 3. The third-order valence-corrected chi connectivity index (χ3v) is 4.29. The van der Waals surface area contributed by atoms with E-state index in [9.17, 15) is 0 Å². The van der Waals surface area contributed by atoms with Crippen LogP contribution in [0.2, 0.25) is 0 Å². The van der Waals surface area contributed by atoms with Crippen LogP contribution in [-0.2, 0) is 4.74 Å². The summed E-state index contributed by atoms with van der Waals surface area (Å²) < 4.78 is 5.85. The number of nitrogens with one attached hydrogen (secondary N) is 1. The molecule has 19 heavy (non-hydrogen) atoms. The minimum atomic E-state index is 0.399. The molecule has 1 aromatic carbocycles. The molecule has 2 aliphatic rings. The van der Waals surface area contributed by atoms with E-state index in [1.165, 1.54) is 12.8 Å². The summed E-state index contributed by atoms with van der Waals surface area (Å²) in [5.74, 6) is 0.775. The van der Waals surface area contributed by atoms with Gasteiger partial charge in [0.15, 0.2) is 0 Å². The number of aryl methyl sites for hydroxylation is 1. The summed E-state index contributed by atoms with van der Waals surface area (Å²) >= 11 is 5.03. The molecule has 3 N–H and O–H groups in total. The lowest BCUT2D eigenvalue weighted by Gasteiger charge is -2.21. The molecule has 3 nitrogen and oxygen atoms in total. The van der Waals surface area contributed by atoms with Gasteiger partial charge in [0, 0.05) is 17.9 Å². The van der Waals surface area contributed by atoms with Crippen LogP contribution in [0.4, 0.5) is 5.69 Å². The van der Waals surface area contributed by atoms with Gasteiger partial charge in [-0.3, -0.25) is 0 Å². The van der Waals surface area contributed by atoms with Crippen LogP contribution in [0, 0.1) is 12.8 Å². The van der Waals surface area contributed by atoms with Gasteiger partial charge in [0.2, 0.25) is 0 Å². The van der Waals surface area contributed by atoms with E-state index in [2.05, 4.69) is 17.4 Å². The quantitative estimate of drug-likeness (QED) is 0.830. The van der Waals surface area contributed by atoms with Gasteiger partial charge >= 0.3 is 0 Å². The van der Waals surface area contributed by atoms with Crippen molar-refractivity contribution in [3.05, 3.63) is 29.3 Å². The Morgan fingerprint density at radius 3 is 2.79 bits per heavy atom. The normalized spacial score (nSPS) is 26.4. The number of hydrogen-bond donors (Lipinski definition) is 2. The van der Waals surface area contributed by atoms with E-state index in [-0.39, 0.29) is 0 Å². The average molecular weight is 276 g/mol. The molecule has 2 atom stereocenters. The minimum Gasteiger partial charge on any atom is -0.389 e. The third kappa shape index (κ3) is 2.74. The summed E-state index contributed by atoms with van der Waals surface area (Å²) in [5, 5.41) is 3.61. The van der Waals surface area contributed by atoms with Crippen molar-refractivity contribution >= 4 is 22.9 Å². The molecule has 2 unspecified atom stereocenters. The van der Waals surface area contributed by atoms with Crippen LogP contribution >= 0.6 is 12.2 Å². The fourth-order valence-corrected chi connectivity index (χ4v) is 3.13. The lowest BCUT2D eigenvalue weighted by molar-refractivity contribution is 0.0898. The van der Waals surface area contributed by atoms with Crippen LogP contribution in [0.15, 0.2) is 18.2 Å². The van der Waals surface area contributed by atoms with Gasteiger partial charge < -0.3 is 15.8 Å². The largest absolute Gasteiger partial charge is 0.389 e. The van der Waals surface area contributed by atoms with Crippen molar-refractivity contribution in [1.82, 2.24) is 0 Å². The lowest BCUT2D eigenvalue weighted by atomic mass is 10.0. The van der Waals surface area contributed by atoms with Gasteiger partial charge in [0.05, 0.1) is 12.1 Å². The van der Waals surface area contributed by atoms with E-state index >= 15 is 0 Å². The highest BCUT2D eigenvalue weighted by Gasteiger charge is 2.40. The van der Waals surface area contributed by atoms with E-state index in [1.807, 2.05) is 13.0 Å². The van der Waals surface area contributed by atoms with E-state index in [4.69, 9.17) is 22.7 Å². The van der Waals surface area contributed by atoms with Crippen LogP contribution in [0.25, 0.3) is 0 Å². The van der Waals surface area contributed by atoms with Gasteiger partial charge in [-0.05, 0) is 55.9 Å². The molecule has 1 saturated heterocycles. The fourth-order valence-electron chi connectivity index (χ4n) is 2.90. The van der Waals surface area contributed by atoms with Crippen LogP contribution in [0.1, 0.15) is 30.4 Å². The first-order valence-electron chi connectivity index (χ1n) is 6.94. The summed E-state index contributed by atoms with van der Waals surface area (Å²) in [6.45, 7) is 2.92. The molecule has 0 aromatic heterocycles. The maximum Gasteiger partial charge on any atom is 0.104 e. The van der Waals surface area contributed by atoms with E-state index in [1.54, 1.807) is 0 Å². The fraction of sp³-hybridized carbons (Fsp3) is 0.533. The molecule has 1 heterocycles. The molecule has 1 saturated carbocycles. The zero-order valence-corrected chi connectivity index (χ0v) is 12.0. The van der Waals surface area contributed by atoms with Crippen LogP contribution in [0.5, 0.6) is 0 Å². The van der Waals surface area contributed by atoms with Crippen molar-refractivity contribution in [2.45, 2.75) is 38.3 Å². The molecule has 2 fully saturated rings. The maximum absolute atomic E-state index is 5.85. The van der Waals surface area contributed by atoms with Crippen molar-refractivity contribution in [1.29, 1.82) is 0 Å². The molecular formula is C15H20N2OS. The summed E-state index contributed by atoms with van der Waals surface area (Å²) in [7, 11) is 0. The Morgan fingerprint density at radius 1 is 1.37 bits per heavy atom. The average Bonchev–Trinajstić information content (AvgIpc) is 3.10. The third-order valence-electron chi connectivity index (χ3n) is 4.07. The number of benzene rings is 1. The topological polar surface area (TPSA) is 47.3 Å². The van der Waals surface area contributed by atoms with Crippen molar-refractivity contribution in [2.75, 3.05) is 11.9 Å². The summed E-state index contributed by atoms with van der Waals surface area (Å²) in [6.07, 6.45) is 4.14. The monoisotopic (exact) mass is 276 g/mol. The molecule has 4 heteroatoms. The van der Waals surface area contributed by atoms with Crippen LogP contribution in [0.3, 0.4) is 0 Å². The molecule has 0 spiro atoms. The summed E-state index contributed by atoms with van der Waals surface area (Å²) in [5.41, 5.74) is 8.91. The lowest BCUT2D eigenvalue weighted by Crippen LogP contribution is -2.31. The Morgan fingerprint density at radius 2 is 2.16 bits per heavy atom. The molecule has 1 aliphatic carbocycles. The zero-order valence-electron chi connectivity index (χ0n) is 11.2. The molecule has 3 rings (SSSR count).